The van der Waals surface area contributed by atoms with Crippen LogP contribution in [0.2, 0.25) is 0 Å². The Balaban J connectivity index is 1.62. The molecular weight excluding hydrogens is 364 g/mol. The van der Waals surface area contributed by atoms with E-state index in [9.17, 15) is 19.8 Å². The van der Waals surface area contributed by atoms with Crippen molar-refractivity contribution >= 4 is 11.9 Å². The van der Waals surface area contributed by atoms with Gasteiger partial charge in [0.25, 0.3) is 0 Å². The summed E-state index contributed by atoms with van der Waals surface area (Å²) >= 11 is 0. The van der Waals surface area contributed by atoms with Crippen LogP contribution in [0, 0.1) is 52.8 Å². The fraction of sp³-hybridized carbons (Fsp3) is 0.760. The number of carboxylic acids is 2. The van der Waals surface area contributed by atoms with E-state index in [0.29, 0.717) is 30.1 Å². The van der Waals surface area contributed by atoms with Gasteiger partial charge in [0.1, 0.15) is 0 Å². The normalized spacial score (nSPS) is 43.3. The molecule has 2 N–H and O–H groups in total. The summed E-state index contributed by atoms with van der Waals surface area (Å²) in [4.78, 5) is 22.6. The zero-order chi connectivity index (χ0) is 20.8. The Hall–Kier alpha value is -1.76. The summed E-state index contributed by atoms with van der Waals surface area (Å²) < 4.78 is 0. The number of terminal acetylenes is 1. The summed E-state index contributed by atoms with van der Waals surface area (Å²) in [6.45, 7) is 2.35. The molecule has 0 spiro atoms. The first kappa shape index (κ1) is 20.5. The predicted octanol–water partition coefficient (Wildman–Crippen LogP) is 5.13. The number of carboxylic acid groups (broad SMARTS) is 2. The third kappa shape index (κ3) is 3.31. The molecule has 0 aromatic carbocycles. The van der Waals surface area contributed by atoms with Crippen molar-refractivity contribution in [3.8, 4) is 12.3 Å². The van der Waals surface area contributed by atoms with Gasteiger partial charge in [0, 0.05) is 24.7 Å². The molecule has 0 bridgehead atoms. The van der Waals surface area contributed by atoms with E-state index in [2.05, 4.69) is 18.9 Å². The van der Waals surface area contributed by atoms with Crippen molar-refractivity contribution in [1.82, 2.24) is 0 Å². The highest BCUT2D eigenvalue weighted by molar-refractivity contribution is 5.67. The van der Waals surface area contributed by atoms with Gasteiger partial charge in [-0.05, 0) is 86.4 Å². The maximum Gasteiger partial charge on any atom is 0.303 e. The van der Waals surface area contributed by atoms with Gasteiger partial charge in [-0.15, -0.1) is 12.3 Å². The standard InChI is InChI=1S/C25H34O4/c1-3-10-25-12-8-16(14-22(26)27)13-18(25)4-6-19-20-7-5-17(15-23(28)29)24(20,2)11-9-21(19)25/h1,4,16-17,19-21H,5-15H2,2H3,(H,26,27)(H,28,29)/t16-,17+,19-,20-,21-,24+,25-/m0/s1. The van der Waals surface area contributed by atoms with E-state index >= 15 is 0 Å². The number of allylic oxidation sites excluding steroid dienone is 2. The van der Waals surface area contributed by atoms with Crippen LogP contribution in [-0.2, 0) is 9.59 Å². The molecule has 4 aliphatic carbocycles. The molecule has 0 aliphatic heterocycles. The van der Waals surface area contributed by atoms with Crippen LogP contribution in [0.4, 0.5) is 0 Å². The van der Waals surface area contributed by atoms with Crippen molar-refractivity contribution in [3.63, 3.8) is 0 Å². The Bertz CT molecular complexity index is 761. The van der Waals surface area contributed by atoms with E-state index in [4.69, 9.17) is 6.42 Å². The van der Waals surface area contributed by atoms with Crippen LogP contribution in [0.15, 0.2) is 11.6 Å². The van der Waals surface area contributed by atoms with Gasteiger partial charge in [-0.3, -0.25) is 9.59 Å². The van der Waals surface area contributed by atoms with Gasteiger partial charge in [-0.2, -0.15) is 0 Å². The molecule has 0 unspecified atom stereocenters. The first-order valence-corrected chi connectivity index (χ1v) is 11.4. The highest BCUT2D eigenvalue weighted by Crippen LogP contribution is 2.67. The number of hydrogen-bond donors (Lipinski definition) is 2. The van der Waals surface area contributed by atoms with Crippen molar-refractivity contribution < 1.29 is 19.8 Å². The fourth-order valence-corrected chi connectivity index (χ4v) is 8.12. The molecule has 0 aromatic heterocycles. The van der Waals surface area contributed by atoms with Crippen LogP contribution < -0.4 is 0 Å². The summed E-state index contributed by atoms with van der Waals surface area (Å²) in [6, 6.07) is 0. The second kappa shape index (κ2) is 7.49. The molecule has 4 heteroatoms. The van der Waals surface area contributed by atoms with Gasteiger partial charge in [0.05, 0.1) is 0 Å². The molecular formula is C25H34O4. The lowest BCUT2D eigenvalue weighted by Crippen LogP contribution is -2.51. The van der Waals surface area contributed by atoms with E-state index in [0.717, 1.165) is 57.8 Å². The Morgan fingerprint density at radius 2 is 1.86 bits per heavy atom. The number of aliphatic carboxylic acids is 2. The summed E-state index contributed by atoms with van der Waals surface area (Å²) in [5, 5.41) is 18.6. The summed E-state index contributed by atoms with van der Waals surface area (Å²) in [5.41, 5.74) is 1.64. The molecule has 158 valence electrons. The van der Waals surface area contributed by atoms with E-state index in [1.165, 1.54) is 5.57 Å². The number of fused-ring (bicyclic) bond motifs is 5. The quantitative estimate of drug-likeness (QED) is 0.497. The van der Waals surface area contributed by atoms with Gasteiger partial charge in [-0.25, -0.2) is 0 Å². The monoisotopic (exact) mass is 398 g/mol. The minimum atomic E-state index is -0.697. The van der Waals surface area contributed by atoms with E-state index in [1.54, 1.807) is 0 Å². The minimum absolute atomic E-state index is 0.0544. The molecule has 0 radical (unpaired) electrons. The second-order valence-corrected chi connectivity index (χ2v) is 10.5. The first-order chi connectivity index (χ1) is 13.8. The lowest BCUT2D eigenvalue weighted by molar-refractivity contribution is -0.140. The summed E-state index contributed by atoms with van der Waals surface area (Å²) in [5.74, 6) is 3.93. The van der Waals surface area contributed by atoms with Crippen molar-refractivity contribution in [2.75, 3.05) is 0 Å². The number of hydrogen-bond acceptors (Lipinski definition) is 2. The number of rotatable bonds is 5. The Labute approximate surface area is 174 Å². The van der Waals surface area contributed by atoms with Gasteiger partial charge >= 0.3 is 11.9 Å². The Morgan fingerprint density at radius 3 is 2.55 bits per heavy atom. The molecule has 29 heavy (non-hydrogen) atoms. The molecule has 0 saturated heterocycles. The Morgan fingerprint density at radius 1 is 1.10 bits per heavy atom. The van der Waals surface area contributed by atoms with Crippen LogP contribution in [0.3, 0.4) is 0 Å². The van der Waals surface area contributed by atoms with Crippen molar-refractivity contribution in [2.24, 2.45) is 40.4 Å². The highest BCUT2D eigenvalue weighted by Gasteiger charge is 2.59. The largest absolute Gasteiger partial charge is 0.481 e. The molecule has 4 rings (SSSR count). The Kier molecular flexibility index (Phi) is 5.30. The molecule has 4 aliphatic rings. The molecule has 0 amide bonds. The van der Waals surface area contributed by atoms with Gasteiger partial charge < -0.3 is 10.2 Å². The average Bonchev–Trinajstić information content (AvgIpc) is 2.97. The van der Waals surface area contributed by atoms with Crippen LogP contribution in [0.1, 0.15) is 77.6 Å². The van der Waals surface area contributed by atoms with Crippen molar-refractivity contribution in [1.29, 1.82) is 0 Å². The maximum atomic E-state index is 11.4. The highest BCUT2D eigenvalue weighted by atomic mass is 16.4. The lowest BCUT2D eigenvalue weighted by atomic mass is 9.45. The molecule has 3 fully saturated rings. The van der Waals surface area contributed by atoms with Crippen molar-refractivity contribution in [2.45, 2.75) is 77.6 Å². The number of carbonyl (C=O) groups is 2. The molecule has 4 nitrogen and oxygen atoms in total. The molecule has 3 saturated carbocycles. The van der Waals surface area contributed by atoms with Crippen LogP contribution >= 0.6 is 0 Å². The molecule has 0 aromatic rings. The van der Waals surface area contributed by atoms with E-state index in [-0.39, 0.29) is 23.2 Å². The second-order valence-electron chi connectivity index (χ2n) is 10.5. The lowest BCUT2D eigenvalue weighted by Gasteiger charge is -2.59. The predicted molar refractivity (Wildman–Crippen MR) is 111 cm³/mol. The third-order valence-corrected chi connectivity index (χ3v) is 9.43. The van der Waals surface area contributed by atoms with Crippen LogP contribution in [0.25, 0.3) is 0 Å². The van der Waals surface area contributed by atoms with Gasteiger partial charge in [0.15, 0.2) is 0 Å². The smallest absolute Gasteiger partial charge is 0.303 e. The first-order valence-electron chi connectivity index (χ1n) is 11.4. The van der Waals surface area contributed by atoms with Crippen LogP contribution in [0.5, 0.6) is 0 Å². The summed E-state index contributed by atoms with van der Waals surface area (Å²) in [7, 11) is 0. The van der Waals surface area contributed by atoms with E-state index < -0.39 is 11.9 Å². The maximum absolute atomic E-state index is 11.4. The minimum Gasteiger partial charge on any atom is -0.481 e. The molecule has 7 atom stereocenters. The zero-order valence-corrected chi connectivity index (χ0v) is 17.5. The van der Waals surface area contributed by atoms with Gasteiger partial charge in [0.2, 0.25) is 0 Å². The average molecular weight is 399 g/mol. The van der Waals surface area contributed by atoms with Gasteiger partial charge in [-0.1, -0.05) is 18.6 Å². The van der Waals surface area contributed by atoms with E-state index in [1.807, 2.05) is 0 Å². The van der Waals surface area contributed by atoms with Crippen LogP contribution in [-0.4, -0.2) is 22.2 Å². The summed E-state index contributed by atoms with van der Waals surface area (Å²) in [6.07, 6.45) is 18.0. The fourth-order valence-electron chi connectivity index (χ4n) is 8.12. The van der Waals surface area contributed by atoms with Crippen molar-refractivity contribution in [3.05, 3.63) is 11.6 Å². The third-order valence-electron chi connectivity index (χ3n) is 9.43. The molecule has 0 heterocycles. The zero-order valence-electron chi connectivity index (χ0n) is 17.5. The SMILES string of the molecule is C#CC[C@]12CC[C@H](CC(=O)O)CC1=CC[C@@H]1[C@@H]2CC[C@]2(C)[C@@H](CC(=O)O)CC[C@@H]12. The topological polar surface area (TPSA) is 74.6 Å².